The smallest absolute Gasteiger partial charge is 0.253 e. The number of pyridine rings is 1. The summed E-state index contributed by atoms with van der Waals surface area (Å²) in [6.45, 7) is 1.78. The Morgan fingerprint density at radius 1 is 1.18 bits per heavy atom. The first-order valence-corrected chi connectivity index (χ1v) is 12.8. The number of amides is 2. The molecule has 5 rings (SSSR count). The second-order valence-electron chi connectivity index (χ2n) is 8.87. The van der Waals surface area contributed by atoms with Gasteiger partial charge in [0.2, 0.25) is 5.91 Å². The van der Waals surface area contributed by atoms with E-state index in [2.05, 4.69) is 10.4 Å². The zero-order chi connectivity index (χ0) is 23.3. The van der Waals surface area contributed by atoms with Crippen molar-refractivity contribution in [1.82, 2.24) is 20.1 Å². The molecular weight excluding hydrogens is 442 g/mol. The molecule has 10 heteroatoms. The Morgan fingerprint density at radius 3 is 2.52 bits per heavy atom. The minimum absolute atomic E-state index is 0.0117. The number of nitrogens with one attached hydrogen (secondary N) is 1. The number of carbonyl (C=O) groups excluding carboxylic acids is 2. The van der Waals surface area contributed by atoms with Crippen molar-refractivity contribution in [2.24, 2.45) is 5.73 Å². The average Bonchev–Trinajstić information content (AvgIpc) is 3.50. The van der Waals surface area contributed by atoms with E-state index in [0.29, 0.717) is 34.3 Å². The number of hydrogen-bond acceptors (Lipinski definition) is 6. The number of primary amides is 1. The number of carbonyl (C=O) groups is 2. The number of hydrogen-bond donors (Lipinski definition) is 2. The number of nitrogens with zero attached hydrogens (tertiary/aromatic N) is 3. The third kappa shape index (κ3) is 4.10. The van der Waals surface area contributed by atoms with Crippen LogP contribution in [0.4, 0.5) is 0 Å². The summed E-state index contributed by atoms with van der Waals surface area (Å²) in [5.74, 6) is -0.717. The Hall–Kier alpha value is -3.27. The summed E-state index contributed by atoms with van der Waals surface area (Å²) in [5.41, 5.74) is 8.44. The summed E-state index contributed by atoms with van der Waals surface area (Å²) < 4.78 is 25.8. The molecule has 3 N–H and O–H groups in total. The molecule has 1 aliphatic carbocycles. The molecule has 0 radical (unpaired) electrons. The molecule has 1 aromatic carbocycles. The largest absolute Gasteiger partial charge is 0.368 e. The zero-order valence-electron chi connectivity index (χ0n) is 18.2. The topological polar surface area (TPSA) is 137 Å². The molecule has 2 fully saturated rings. The molecule has 2 aromatic heterocycles. The van der Waals surface area contributed by atoms with Crippen molar-refractivity contribution < 1.29 is 18.0 Å². The monoisotopic (exact) mass is 467 g/mol. The van der Waals surface area contributed by atoms with Gasteiger partial charge in [0.1, 0.15) is 6.04 Å². The van der Waals surface area contributed by atoms with Crippen LogP contribution in [0.1, 0.15) is 64.6 Å². The van der Waals surface area contributed by atoms with E-state index in [1.165, 1.54) is 0 Å². The Bertz CT molecular complexity index is 1360. The van der Waals surface area contributed by atoms with Gasteiger partial charge in [-0.2, -0.15) is 5.10 Å². The van der Waals surface area contributed by atoms with Gasteiger partial charge in [-0.25, -0.2) is 18.1 Å². The molecular formula is C23H25N5O4S. The summed E-state index contributed by atoms with van der Waals surface area (Å²) in [7, 11) is -3.12. The normalized spacial score (nSPS) is 20.6. The minimum Gasteiger partial charge on any atom is -0.368 e. The Morgan fingerprint density at radius 2 is 1.91 bits per heavy atom. The highest BCUT2D eigenvalue weighted by atomic mass is 32.2. The van der Waals surface area contributed by atoms with Crippen molar-refractivity contribution in [3.8, 4) is 0 Å². The van der Waals surface area contributed by atoms with E-state index in [-0.39, 0.29) is 23.5 Å². The Kier molecular flexibility index (Phi) is 5.19. The lowest BCUT2D eigenvalue weighted by molar-refractivity contribution is -0.120. The van der Waals surface area contributed by atoms with Crippen molar-refractivity contribution in [1.29, 1.82) is 0 Å². The van der Waals surface area contributed by atoms with Crippen LogP contribution in [0.5, 0.6) is 0 Å². The second-order valence-corrected chi connectivity index (χ2v) is 11.1. The van der Waals surface area contributed by atoms with Crippen LogP contribution in [0, 0.1) is 6.92 Å². The second kappa shape index (κ2) is 7.95. The first-order valence-electron chi connectivity index (χ1n) is 11.0. The van der Waals surface area contributed by atoms with Gasteiger partial charge in [-0.15, -0.1) is 0 Å². The summed E-state index contributed by atoms with van der Waals surface area (Å²) in [6.07, 6.45) is 2.43. The number of sulfone groups is 1. The van der Waals surface area contributed by atoms with Crippen LogP contribution in [-0.4, -0.2) is 46.5 Å². The van der Waals surface area contributed by atoms with Crippen molar-refractivity contribution in [2.75, 3.05) is 11.5 Å². The van der Waals surface area contributed by atoms with Crippen LogP contribution in [0.15, 0.2) is 36.4 Å². The van der Waals surface area contributed by atoms with E-state index in [9.17, 15) is 18.0 Å². The Balaban J connectivity index is 1.59. The van der Waals surface area contributed by atoms with Gasteiger partial charge in [-0.05, 0) is 37.8 Å². The maximum absolute atomic E-state index is 13.4. The third-order valence-electron chi connectivity index (χ3n) is 6.34. The van der Waals surface area contributed by atoms with E-state index < -0.39 is 27.7 Å². The standard InChI is InChI=1S/C23H25N5O4S/c1-13-19-17(23(30)26-20(21(24)29)15-5-3-2-4-6-15)11-18(14-7-8-14)25-22(19)28(27-13)16-9-10-33(31,32)12-16/h2-6,11,14,16,20H,7-10,12H2,1H3,(H2,24,29)(H,26,30)/t16-,20-/m0/s1. The van der Waals surface area contributed by atoms with Gasteiger partial charge in [-0.3, -0.25) is 9.59 Å². The quantitative estimate of drug-likeness (QED) is 0.568. The highest BCUT2D eigenvalue weighted by molar-refractivity contribution is 7.91. The van der Waals surface area contributed by atoms with Gasteiger partial charge in [0.25, 0.3) is 5.91 Å². The molecule has 9 nitrogen and oxygen atoms in total. The number of aryl methyl sites for hydroxylation is 1. The molecule has 0 spiro atoms. The van der Waals surface area contributed by atoms with Crippen LogP contribution < -0.4 is 11.1 Å². The maximum atomic E-state index is 13.4. The van der Waals surface area contributed by atoms with E-state index in [0.717, 1.165) is 18.5 Å². The molecule has 2 atom stereocenters. The highest BCUT2D eigenvalue weighted by Crippen LogP contribution is 2.41. The zero-order valence-corrected chi connectivity index (χ0v) is 19.0. The predicted octanol–water partition coefficient (Wildman–Crippen LogP) is 1.93. The van der Waals surface area contributed by atoms with Crippen molar-refractivity contribution >= 4 is 32.7 Å². The number of rotatable bonds is 6. The lowest BCUT2D eigenvalue weighted by Gasteiger charge is -2.17. The summed E-state index contributed by atoms with van der Waals surface area (Å²) >= 11 is 0. The van der Waals surface area contributed by atoms with Gasteiger partial charge in [0.15, 0.2) is 15.5 Å². The van der Waals surface area contributed by atoms with E-state index in [1.54, 1.807) is 41.9 Å². The van der Waals surface area contributed by atoms with Crippen LogP contribution >= 0.6 is 0 Å². The molecule has 0 unspecified atom stereocenters. The molecule has 1 saturated heterocycles. The highest BCUT2D eigenvalue weighted by Gasteiger charge is 2.34. The third-order valence-corrected chi connectivity index (χ3v) is 8.09. The van der Waals surface area contributed by atoms with Gasteiger partial charge >= 0.3 is 0 Å². The molecule has 3 heterocycles. The predicted molar refractivity (Wildman–Crippen MR) is 122 cm³/mol. The molecule has 1 aliphatic heterocycles. The van der Waals surface area contributed by atoms with Crippen LogP contribution in [0.2, 0.25) is 0 Å². The number of fused-ring (bicyclic) bond motifs is 1. The summed E-state index contributed by atoms with van der Waals surface area (Å²) in [4.78, 5) is 30.4. The molecule has 2 aliphatic rings. The molecule has 172 valence electrons. The van der Waals surface area contributed by atoms with Gasteiger partial charge in [0.05, 0.1) is 34.2 Å². The van der Waals surface area contributed by atoms with Crippen molar-refractivity contribution in [2.45, 2.75) is 44.2 Å². The van der Waals surface area contributed by atoms with Gasteiger partial charge < -0.3 is 11.1 Å². The minimum atomic E-state index is -3.12. The lowest BCUT2D eigenvalue weighted by atomic mass is 10.0. The van der Waals surface area contributed by atoms with Crippen molar-refractivity contribution in [3.05, 3.63) is 58.9 Å². The summed E-state index contributed by atoms with van der Waals surface area (Å²) in [5, 5.41) is 7.93. The lowest BCUT2D eigenvalue weighted by Crippen LogP contribution is -2.37. The van der Waals surface area contributed by atoms with Crippen LogP contribution in [-0.2, 0) is 14.6 Å². The van der Waals surface area contributed by atoms with Crippen LogP contribution in [0.3, 0.4) is 0 Å². The fraction of sp³-hybridized carbons (Fsp3) is 0.391. The first-order chi connectivity index (χ1) is 15.7. The molecule has 2 amide bonds. The van der Waals surface area contributed by atoms with Gasteiger partial charge in [-0.1, -0.05) is 30.3 Å². The average molecular weight is 468 g/mol. The molecule has 33 heavy (non-hydrogen) atoms. The molecule has 3 aromatic rings. The first kappa shape index (κ1) is 21.6. The van der Waals surface area contributed by atoms with Gasteiger partial charge in [0, 0.05) is 11.6 Å². The maximum Gasteiger partial charge on any atom is 0.253 e. The fourth-order valence-corrected chi connectivity index (χ4v) is 6.19. The fourth-order valence-electron chi connectivity index (χ4n) is 4.50. The number of aromatic nitrogens is 3. The number of nitrogens with two attached hydrogens (primary N) is 1. The molecule has 0 bridgehead atoms. The molecule has 1 saturated carbocycles. The Labute approximate surface area is 191 Å². The van der Waals surface area contributed by atoms with Crippen molar-refractivity contribution in [3.63, 3.8) is 0 Å². The SMILES string of the molecule is Cc1nn([C@H]2CCS(=O)(=O)C2)c2nc(C3CC3)cc(C(=O)N[C@H](C(N)=O)c3ccccc3)c12. The number of benzene rings is 1. The summed E-state index contributed by atoms with van der Waals surface area (Å²) in [6, 6.07) is 9.30. The van der Waals surface area contributed by atoms with E-state index >= 15 is 0 Å². The van der Waals surface area contributed by atoms with E-state index in [4.69, 9.17) is 10.7 Å². The van der Waals surface area contributed by atoms with E-state index in [1.807, 2.05) is 6.07 Å². The van der Waals surface area contributed by atoms with Crippen LogP contribution in [0.25, 0.3) is 11.0 Å².